The van der Waals surface area contributed by atoms with Crippen LogP contribution in [0.2, 0.25) is 0 Å². The van der Waals surface area contributed by atoms with Gasteiger partial charge in [-0.05, 0) is 41.1 Å². The number of halogens is 2. The molecule has 0 spiro atoms. The van der Waals surface area contributed by atoms with Crippen LogP contribution in [0.5, 0.6) is 5.75 Å². The minimum absolute atomic E-state index is 0.248. The minimum atomic E-state index is -0.969. The maximum absolute atomic E-state index is 13.9. The van der Waals surface area contributed by atoms with Crippen LogP contribution in [0.15, 0.2) is 28.7 Å². The number of hydrogen-bond acceptors (Lipinski definition) is 3. The zero-order valence-electron chi connectivity index (χ0n) is 9.91. The number of hydrogen-bond donors (Lipinski definition) is 1. The van der Waals surface area contributed by atoms with E-state index in [4.69, 9.17) is 4.74 Å². The molecule has 2 rings (SSSR count). The molecule has 5 heteroatoms. The van der Waals surface area contributed by atoms with E-state index in [2.05, 4.69) is 15.9 Å². The zero-order chi connectivity index (χ0) is 13.3. The van der Waals surface area contributed by atoms with Gasteiger partial charge in [-0.1, -0.05) is 0 Å². The smallest absolute Gasteiger partial charge is 0.133 e. The van der Waals surface area contributed by atoms with Crippen molar-refractivity contribution in [2.45, 2.75) is 13.0 Å². The van der Waals surface area contributed by atoms with Crippen LogP contribution < -0.4 is 4.74 Å². The minimum Gasteiger partial charge on any atom is -0.497 e. The van der Waals surface area contributed by atoms with Crippen molar-refractivity contribution < 1.29 is 14.2 Å². The topological polar surface area (TPSA) is 29.5 Å². The Kier molecular flexibility index (Phi) is 4.04. The van der Waals surface area contributed by atoms with Crippen molar-refractivity contribution in [1.29, 1.82) is 0 Å². The van der Waals surface area contributed by atoms with E-state index < -0.39 is 11.9 Å². The molecule has 0 aliphatic carbocycles. The van der Waals surface area contributed by atoms with E-state index in [9.17, 15) is 9.50 Å². The Morgan fingerprint density at radius 3 is 2.61 bits per heavy atom. The van der Waals surface area contributed by atoms with Gasteiger partial charge < -0.3 is 9.84 Å². The highest BCUT2D eigenvalue weighted by Gasteiger charge is 2.20. The average molecular weight is 331 g/mol. The molecule has 1 atom stereocenters. The fraction of sp³-hybridized carbons (Fsp3) is 0.231. The summed E-state index contributed by atoms with van der Waals surface area (Å²) in [5.74, 6) is -0.0373. The molecule has 18 heavy (non-hydrogen) atoms. The van der Waals surface area contributed by atoms with Gasteiger partial charge in [0.25, 0.3) is 0 Å². The maximum atomic E-state index is 13.9. The lowest BCUT2D eigenvalue weighted by atomic mass is 10.1. The fourth-order valence-electron chi connectivity index (χ4n) is 1.69. The van der Waals surface area contributed by atoms with E-state index >= 15 is 0 Å². The normalized spacial score (nSPS) is 12.5. The molecule has 1 unspecified atom stereocenters. The number of benzene rings is 1. The van der Waals surface area contributed by atoms with Gasteiger partial charge in [0.15, 0.2) is 0 Å². The zero-order valence-corrected chi connectivity index (χ0v) is 12.3. The third kappa shape index (κ3) is 2.58. The second-order valence-electron chi connectivity index (χ2n) is 3.86. The van der Waals surface area contributed by atoms with Crippen LogP contribution in [0.3, 0.4) is 0 Å². The van der Waals surface area contributed by atoms with Crippen LogP contribution in [-0.4, -0.2) is 12.2 Å². The summed E-state index contributed by atoms with van der Waals surface area (Å²) in [5.41, 5.74) is 0.248. The highest BCUT2D eigenvalue weighted by atomic mass is 79.9. The molecule has 0 bridgehead atoms. The Bertz CT molecular complexity index is 568. The summed E-state index contributed by atoms with van der Waals surface area (Å²) in [6, 6.07) is 6.36. The molecular formula is C13H12BrFO2S. The number of ether oxygens (including phenoxy) is 1. The van der Waals surface area contributed by atoms with Crippen LogP contribution in [-0.2, 0) is 0 Å². The summed E-state index contributed by atoms with van der Waals surface area (Å²) < 4.78 is 19.6. The first kappa shape index (κ1) is 13.5. The van der Waals surface area contributed by atoms with Crippen LogP contribution in [0.1, 0.15) is 21.4 Å². The monoisotopic (exact) mass is 330 g/mol. The SMILES string of the molecule is COc1ccc(C(O)c2sc(C)cc2Br)c(F)c1. The average Bonchev–Trinajstić information content (AvgIpc) is 2.67. The van der Waals surface area contributed by atoms with Crippen molar-refractivity contribution in [1.82, 2.24) is 0 Å². The molecule has 2 nitrogen and oxygen atoms in total. The number of thiophene rings is 1. The first-order chi connectivity index (χ1) is 8.52. The number of rotatable bonds is 3. The van der Waals surface area contributed by atoms with Gasteiger partial charge in [-0.15, -0.1) is 11.3 Å². The van der Waals surface area contributed by atoms with E-state index in [0.717, 1.165) is 9.35 Å². The van der Waals surface area contributed by atoms with E-state index in [1.54, 1.807) is 12.1 Å². The van der Waals surface area contributed by atoms with Crippen LogP contribution >= 0.6 is 27.3 Å². The van der Waals surface area contributed by atoms with Gasteiger partial charge in [0.05, 0.1) is 12.0 Å². The second-order valence-corrected chi connectivity index (χ2v) is 6.00. The van der Waals surface area contributed by atoms with E-state index in [1.807, 2.05) is 13.0 Å². The molecule has 1 heterocycles. The second kappa shape index (κ2) is 5.38. The molecule has 0 aliphatic heterocycles. The summed E-state index contributed by atoms with van der Waals surface area (Å²) in [4.78, 5) is 1.77. The van der Waals surface area contributed by atoms with Gasteiger partial charge in [0.1, 0.15) is 17.7 Å². The summed E-state index contributed by atoms with van der Waals surface area (Å²) in [7, 11) is 1.48. The molecule has 0 amide bonds. The van der Waals surface area contributed by atoms with Crippen LogP contribution in [0.4, 0.5) is 4.39 Å². The lowest BCUT2D eigenvalue weighted by Gasteiger charge is -2.12. The predicted octanol–water partition coefficient (Wildman–Crippen LogP) is 4.05. The fourth-order valence-corrected chi connectivity index (χ4v) is 3.56. The molecule has 0 saturated heterocycles. The Hall–Kier alpha value is -0.910. The van der Waals surface area contributed by atoms with Crippen molar-refractivity contribution in [2.75, 3.05) is 7.11 Å². The third-order valence-electron chi connectivity index (χ3n) is 2.59. The Morgan fingerprint density at radius 2 is 2.11 bits per heavy atom. The highest BCUT2D eigenvalue weighted by Crippen LogP contribution is 2.36. The summed E-state index contributed by atoms with van der Waals surface area (Å²) >= 11 is 4.81. The number of methoxy groups -OCH3 is 1. The summed E-state index contributed by atoms with van der Waals surface area (Å²) in [6.07, 6.45) is -0.969. The lowest BCUT2D eigenvalue weighted by Crippen LogP contribution is -2.01. The van der Waals surface area contributed by atoms with Crippen molar-refractivity contribution in [2.24, 2.45) is 0 Å². The highest BCUT2D eigenvalue weighted by molar-refractivity contribution is 9.10. The van der Waals surface area contributed by atoms with Crippen LogP contribution in [0.25, 0.3) is 0 Å². The van der Waals surface area contributed by atoms with E-state index in [-0.39, 0.29) is 5.56 Å². The first-order valence-corrected chi connectivity index (χ1v) is 6.91. The standard InChI is InChI=1S/C13H12BrFO2S/c1-7-5-10(14)13(18-7)12(16)9-4-3-8(17-2)6-11(9)15/h3-6,12,16H,1-2H3. The van der Waals surface area contributed by atoms with Crippen LogP contribution in [0, 0.1) is 12.7 Å². The predicted molar refractivity (Wildman–Crippen MR) is 73.8 cm³/mol. The van der Waals surface area contributed by atoms with Crippen molar-refractivity contribution in [3.63, 3.8) is 0 Å². The summed E-state index contributed by atoms with van der Waals surface area (Å²) in [6.45, 7) is 1.94. The quantitative estimate of drug-likeness (QED) is 0.919. The van der Waals surface area contributed by atoms with E-state index in [1.165, 1.54) is 24.5 Å². The van der Waals surface area contributed by atoms with E-state index in [0.29, 0.717) is 10.6 Å². The number of aliphatic hydroxyl groups excluding tert-OH is 1. The van der Waals surface area contributed by atoms with Gasteiger partial charge >= 0.3 is 0 Å². The molecule has 0 aliphatic rings. The van der Waals surface area contributed by atoms with Gasteiger partial charge in [-0.25, -0.2) is 4.39 Å². The summed E-state index contributed by atoms with van der Waals surface area (Å²) in [5, 5.41) is 10.2. The molecule has 96 valence electrons. The third-order valence-corrected chi connectivity index (χ3v) is 4.61. The van der Waals surface area contributed by atoms with Crippen molar-refractivity contribution in [3.8, 4) is 5.75 Å². The Balaban J connectivity index is 2.39. The van der Waals surface area contributed by atoms with Gasteiger partial charge in [-0.2, -0.15) is 0 Å². The molecule has 0 fully saturated rings. The maximum Gasteiger partial charge on any atom is 0.133 e. The molecule has 1 N–H and O–H groups in total. The number of aliphatic hydroxyl groups is 1. The molecular weight excluding hydrogens is 319 g/mol. The van der Waals surface area contributed by atoms with Crippen molar-refractivity contribution in [3.05, 3.63) is 49.9 Å². The molecule has 2 aromatic rings. The first-order valence-electron chi connectivity index (χ1n) is 5.30. The largest absolute Gasteiger partial charge is 0.497 e. The Labute approximate surface area is 117 Å². The number of aryl methyl sites for hydroxylation is 1. The Morgan fingerprint density at radius 1 is 1.39 bits per heavy atom. The van der Waals surface area contributed by atoms with Crippen molar-refractivity contribution >= 4 is 27.3 Å². The molecule has 1 aromatic carbocycles. The van der Waals surface area contributed by atoms with Gasteiger partial charge in [0.2, 0.25) is 0 Å². The van der Waals surface area contributed by atoms with Gasteiger partial charge in [-0.3, -0.25) is 0 Å². The molecule has 0 saturated carbocycles. The lowest BCUT2D eigenvalue weighted by molar-refractivity contribution is 0.218. The molecule has 0 radical (unpaired) electrons. The van der Waals surface area contributed by atoms with Gasteiger partial charge in [0, 0.05) is 21.0 Å². The molecule has 1 aromatic heterocycles.